The molecule has 1 atom stereocenters. The van der Waals surface area contributed by atoms with Gasteiger partial charge < -0.3 is 15.1 Å². The van der Waals surface area contributed by atoms with Crippen molar-refractivity contribution in [2.45, 2.75) is 26.3 Å². The van der Waals surface area contributed by atoms with E-state index in [2.05, 4.69) is 15.6 Å². The zero-order valence-corrected chi connectivity index (χ0v) is 15.2. The Morgan fingerprint density at radius 1 is 1.04 bits per heavy atom. The van der Waals surface area contributed by atoms with Crippen LogP contribution in [0.25, 0.3) is 0 Å². The zero-order valence-electron chi connectivity index (χ0n) is 15.2. The molecule has 0 radical (unpaired) electrons. The quantitative estimate of drug-likeness (QED) is 0.701. The number of aryl methyl sites for hydroxylation is 1. The van der Waals surface area contributed by atoms with Gasteiger partial charge in [-0.15, -0.1) is 0 Å². The first kappa shape index (κ1) is 18.4. The first-order valence-corrected chi connectivity index (χ1v) is 8.68. The molecule has 6 heteroatoms. The highest BCUT2D eigenvalue weighted by Gasteiger charge is 2.13. The molecule has 0 saturated carbocycles. The molecule has 0 spiro atoms. The van der Waals surface area contributed by atoms with Gasteiger partial charge in [-0.25, -0.2) is 0 Å². The van der Waals surface area contributed by atoms with E-state index in [1.165, 1.54) is 6.26 Å². The average molecular weight is 363 g/mol. The van der Waals surface area contributed by atoms with Crippen molar-refractivity contribution < 1.29 is 14.0 Å². The number of benzene rings is 1. The summed E-state index contributed by atoms with van der Waals surface area (Å²) < 4.78 is 5.14. The van der Waals surface area contributed by atoms with E-state index in [1.54, 1.807) is 49.6 Å². The number of amides is 2. The van der Waals surface area contributed by atoms with Crippen molar-refractivity contribution >= 4 is 17.5 Å². The number of hydrogen-bond donors (Lipinski definition) is 2. The Labute approximate surface area is 157 Å². The van der Waals surface area contributed by atoms with Crippen LogP contribution < -0.4 is 10.6 Å². The van der Waals surface area contributed by atoms with Crippen molar-refractivity contribution in [1.29, 1.82) is 0 Å². The van der Waals surface area contributed by atoms with Gasteiger partial charge in [-0.3, -0.25) is 14.6 Å². The van der Waals surface area contributed by atoms with Crippen LogP contribution in [0.5, 0.6) is 0 Å². The predicted molar refractivity (Wildman–Crippen MR) is 103 cm³/mol. The molecule has 0 aliphatic carbocycles. The van der Waals surface area contributed by atoms with E-state index < -0.39 is 0 Å². The molecular weight excluding hydrogens is 342 g/mol. The minimum atomic E-state index is -0.246. The third-order valence-corrected chi connectivity index (χ3v) is 4.18. The number of hydrogen-bond acceptors (Lipinski definition) is 4. The van der Waals surface area contributed by atoms with E-state index in [9.17, 15) is 9.59 Å². The van der Waals surface area contributed by atoms with Crippen molar-refractivity contribution in [3.05, 3.63) is 83.6 Å². The fraction of sp³-hybridized carbons (Fsp3) is 0.190. The second-order valence-electron chi connectivity index (χ2n) is 6.36. The highest BCUT2D eigenvalue weighted by atomic mass is 16.3. The molecule has 0 aliphatic heterocycles. The zero-order chi connectivity index (χ0) is 19.2. The predicted octanol–water partition coefficient (Wildman–Crippen LogP) is 3.60. The van der Waals surface area contributed by atoms with E-state index >= 15 is 0 Å². The highest BCUT2D eigenvalue weighted by Crippen LogP contribution is 2.14. The van der Waals surface area contributed by atoms with Gasteiger partial charge in [0.05, 0.1) is 11.8 Å². The van der Waals surface area contributed by atoms with Crippen LogP contribution in [0.3, 0.4) is 0 Å². The van der Waals surface area contributed by atoms with Crippen LogP contribution in [0.1, 0.15) is 39.0 Å². The Morgan fingerprint density at radius 2 is 1.74 bits per heavy atom. The molecule has 1 aromatic carbocycles. The molecule has 27 heavy (non-hydrogen) atoms. The van der Waals surface area contributed by atoms with E-state index in [4.69, 9.17) is 4.42 Å². The fourth-order valence-electron chi connectivity index (χ4n) is 2.75. The molecule has 3 rings (SSSR count). The molecule has 2 N–H and O–H groups in total. The van der Waals surface area contributed by atoms with Gasteiger partial charge in [0.25, 0.3) is 11.8 Å². The van der Waals surface area contributed by atoms with Gasteiger partial charge in [-0.2, -0.15) is 0 Å². The summed E-state index contributed by atoms with van der Waals surface area (Å²) in [5, 5.41) is 5.76. The van der Waals surface area contributed by atoms with Crippen molar-refractivity contribution in [1.82, 2.24) is 10.3 Å². The summed E-state index contributed by atoms with van der Waals surface area (Å²) in [6.45, 7) is 3.69. The van der Waals surface area contributed by atoms with Gasteiger partial charge >= 0.3 is 0 Å². The summed E-state index contributed by atoms with van der Waals surface area (Å²) >= 11 is 0. The summed E-state index contributed by atoms with van der Waals surface area (Å²) in [7, 11) is 0. The van der Waals surface area contributed by atoms with Gasteiger partial charge in [0.15, 0.2) is 0 Å². The normalized spacial score (nSPS) is 11.6. The number of aromatic nitrogens is 1. The number of carbonyl (C=O) groups excluding carboxylic acids is 2. The summed E-state index contributed by atoms with van der Waals surface area (Å²) in [5.74, 6) is 0.163. The summed E-state index contributed by atoms with van der Waals surface area (Å²) in [4.78, 5) is 28.6. The molecule has 0 aliphatic rings. The summed E-state index contributed by atoms with van der Waals surface area (Å²) in [6, 6.07) is 12.3. The minimum absolute atomic E-state index is 0.0108. The minimum Gasteiger partial charge on any atom is -0.469 e. The van der Waals surface area contributed by atoms with Crippen molar-refractivity contribution in [2.24, 2.45) is 0 Å². The maximum atomic E-state index is 12.4. The second-order valence-corrected chi connectivity index (χ2v) is 6.36. The molecule has 2 aromatic heterocycles. The van der Waals surface area contributed by atoms with E-state index in [-0.39, 0.29) is 17.9 Å². The lowest BCUT2D eigenvalue weighted by Gasteiger charge is -2.14. The van der Waals surface area contributed by atoms with Crippen molar-refractivity contribution in [3.8, 4) is 0 Å². The molecule has 0 unspecified atom stereocenters. The Kier molecular flexibility index (Phi) is 5.66. The number of pyridine rings is 1. The maximum Gasteiger partial charge on any atom is 0.259 e. The molecule has 0 saturated heterocycles. The highest BCUT2D eigenvalue weighted by molar-refractivity contribution is 6.05. The van der Waals surface area contributed by atoms with Crippen molar-refractivity contribution in [3.63, 3.8) is 0 Å². The third kappa shape index (κ3) is 4.82. The first-order valence-electron chi connectivity index (χ1n) is 8.68. The largest absolute Gasteiger partial charge is 0.469 e. The third-order valence-electron chi connectivity index (χ3n) is 4.18. The van der Waals surface area contributed by atoms with Crippen LogP contribution in [0, 0.1) is 6.92 Å². The van der Waals surface area contributed by atoms with Crippen LogP contribution in [-0.4, -0.2) is 22.8 Å². The molecular formula is C21H21N3O3. The Bertz CT molecular complexity index is 917. The van der Waals surface area contributed by atoms with Crippen LogP contribution in [-0.2, 0) is 6.42 Å². The molecule has 3 aromatic rings. The van der Waals surface area contributed by atoms with Crippen LogP contribution in [0.4, 0.5) is 5.69 Å². The Hall–Kier alpha value is -3.41. The maximum absolute atomic E-state index is 12.4. The lowest BCUT2D eigenvalue weighted by molar-refractivity contribution is 0.0939. The fourth-order valence-corrected chi connectivity index (χ4v) is 2.75. The molecule has 0 fully saturated rings. The number of rotatable bonds is 6. The summed E-state index contributed by atoms with van der Waals surface area (Å²) in [6.07, 6.45) is 5.68. The second kappa shape index (κ2) is 8.31. The smallest absolute Gasteiger partial charge is 0.259 e. The van der Waals surface area contributed by atoms with E-state index in [0.717, 1.165) is 12.0 Å². The molecule has 2 amide bonds. The number of furan rings is 1. The monoisotopic (exact) mass is 363 g/mol. The number of anilines is 1. The summed E-state index contributed by atoms with van der Waals surface area (Å²) in [5.41, 5.74) is 2.75. The SMILES string of the molecule is Cc1occc1C(=O)Nc1ccc(C(=O)N[C@H](C)Cc2ccncc2)cc1. The van der Waals surface area contributed by atoms with E-state index in [1.807, 2.05) is 19.1 Å². The lowest BCUT2D eigenvalue weighted by atomic mass is 10.1. The molecule has 2 heterocycles. The van der Waals surface area contributed by atoms with Crippen molar-refractivity contribution in [2.75, 3.05) is 5.32 Å². The lowest BCUT2D eigenvalue weighted by Crippen LogP contribution is -2.34. The Morgan fingerprint density at radius 3 is 2.37 bits per heavy atom. The molecule has 0 bridgehead atoms. The van der Waals surface area contributed by atoms with Gasteiger partial charge in [0, 0.05) is 29.7 Å². The number of carbonyl (C=O) groups is 2. The first-order chi connectivity index (χ1) is 13.0. The van der Waals surface area contributed by atoms with E-state index in [0.29, 0.717) is 22.6 Å². The van der Waals surface area contributed by atoms with Crippen LogP contribution in [0.15, 0.2) is 65.5 Å². The standard InChI is InChI=1S/C21H21N3O3/c1-14(13-16-7-10-22-11-8-16)23-20(25)17-3-5-18(6-4-17)24-21(26)19-9-12-27-15(19)2/h3-12,14H,13H2,1-2H3,(H,23,25)(H,24,26)/t14-/m1/s1. The van der Waals surface area contributed by atoms with Crippen LogP contribution >= 0.6 is 0 Å². The topological polar surface area (TPSA) is 84.2 Å². The average Bonchev–Trinajstić information content (AvgIpc) is 3.09. The number of nitrogens with zero attached hydrogens (tertiary/aromatic N) is 1. The van der Waals surface area contributed by atoms with Gasteiger partial charge in [0.1, 0.15) is 5.76 Å². The van der Waals surface area contributed by atoms with Gasteiger partial charge in [0.2, 0.25) is 0 Å². The van der Waals surface area contributed by atoms with Gasteiger partial charge in [-0.05, 0) is 68.3 Å². The number of nitrogens with one attached hydrogen (secondary N) is 2. The Balaban J connectivity index is 1.57. The van der Waals surface area contributed by atoms with Gasteiger partial charge in [-0.1, -0.05) is 0 Å². The molecule has 6 nitrogen and oxygen atoms in total. The molecule has 138 valence electrons. The van der Waals surface area contributed by atoms with Crippen LogP contribution in [0.2, 0.25) is 0 Å².